The van der Waals surface area contributed by atoms with Crippen molar-refractivity contribution in [1.29, 1.82) is 0 Å². The summed E-state index contributed by atoms with van der Waals surface area (Å²) < 4.78 is 25.0. The van der Waals surface area contributed by atoms with E-state index in [9.17, 15) is 13.2 Å². The zero-order valence-corrected chi connectivity index (χ0v) is 13.3. The van der Waals surface area contributed by atoms with E-state index in [0.29, 0.717) is 24.7 Å². The second-order valence-electron chi connectivity index (χ2n) is 5.08. The number of hydrogen-bond donors (Lipinski definition) is 1. The standard InChI is InChI=1S/C14H19ClN2O3S/c15-13-5-3-12(4-6-13)11-14(18)16-7-9-17-8-1-2-10-21(17,19)20/h3-6H,1-2,7-11H2,(H,16,18). The van der Waals surface area contributed by atoms with Gasteiger partial charge in [0.25, 0.3) is 0 Å². The van der Waals surface area contributed by atoms with Crippen LogP contribution in [-0.4, -0.2) is 44.0 Å². The van der Waals surface area contributed by atoms with Crippen molar-refractivity contribution in [2.45, 2.75) is 19.3 Å². The summed E-state index contributed by atoms with van der Waals surface area (Å²) in [5.74, 6) is 0.0952. The SMILES string of the molecule is O=C(Cc1ccc(Cl)cc1)NCCN1CCCCS1(=O)=O. The van der Waals surface area contributed by atoms with Crippen LogP contribution in [0.2, 0.25) is 5.02 Å². The molecule has 0 atom stereocenters. The minimum Gasteiger partial charge on any atom is -0.354 e. The lowest BCUT2D eigenvalue weighted by molar-refractivity contribution is -0.120. The van der Waals surface area contributed by atoms with Crippen molar-refractivity contribution in [2.24, 2.45) is 0 Å². The highest BCUT2D eigenvalue weighted by molar-refractivity contribution is 7.89. The van der Waals surface area contributed by atoms with Crippen molar-refractivity contribution in [3.05, 3.63) is 34.9 Å². The Labute approximate surface area is 130 Å². The molecule has 1 aliphatic heterocycles. The maximum atomic E-state index is 11.8. The number of sulfonamides is 1. The number of nitrogens with zero attached hydrogens (tertiary/aromatic N) is 1. The lowest BCUT2D eigenvalue weighted by Gasteiger charge is -2.26. The van der Waals surface area contributed by atoms with Crippen LogP contribution < -0.4 is 5.32 Å². The topological polar surface area (TPSA) is 66.5 Å². The van der Waals surface area contributed by atoms with Gasteiger partial charge in [-0.25, -0.2) is 12.7 Å². The van der Waals surface area contributed by atoms with Gasteiger partial charge in [0.15, 0.2) is 0 Å². The summed E-state index contributed by atoms with van der Waals surface area (Å²) in [7, 11) is -3.12. The number of rotatable bonds is 5. The molecule has 1 amide bonds. The van der Waals surface area contributed by atoms with Gasteiger partial charge in [-0.2, -0.15) is 0 Å². The number of hydrogen-bond acceptors (Lipinski definition) is 3. The Morgan fingerprint density at radius 3 is 2.62 bits per heavy atom. The minimum absolute atomic E-state index is 0.119. The van der Waals surface area contributed by atoms with Gasteiger partial charge in [0.1, 0.15) is 0 Å². The fraction of sp³-hybridized carbons (Fsp3) is 0.500. The quantitative estimate of drug-likeness (QED) is 0.888. The van der Waals surface area contributed by atoms with Gasteiger partial charge in [0.2, 0.25) is 15.9 Å². The molecule has 1 heterocycles. The van der Waals surface area contributed by atoms with Crippen LogP contribution in [0.1, 0.15) is 18.4 Å². The van der Waals surface area contributed by atoms with E-state index in [1.165, 1.54) is 4.31 Å². The molecule has 1 N–H and O–H groups in total. The van der Waals surface area contributed by atoms with Crippen LogP contribution >= 0.6 is 11.6 Å². The molecule has 1 saturated heterocycles. The van der Waals surface area contributed by atoms with Crippen LogP contribution in [0.3, 0.4) is 0 Å². The van der Waals surface area contributed by atoms with Crippen molar-refractivity contribution >= 4 is 27.5 Å². The summed E-state index contributed by atoms with van der Waals surface area (Å²) in [4.78, 5) is 11.8. The molecule has 7 heteroatoms. The van der Waals surface area contributed by atoms with Gasteiger partial charge in [0.05, 0.1) is 12.2 Å². The van der Waals surface area contributed by atoms with Crippen molar-refractivity contribution < 1.29 is 13.2 Å². The van der Waals surface area contributed by atoms with Gasteiger partial charge in [-0.3, -0.25) is 4.79 Å². The average Bonchev–Trinajstić information content (AvgIpc) is 2.43. The number of halogens is 1. The normalized spacial score (nSPS) is 18.3. The Balaban J connectivity index is 1.75. The van der Waals surface area contributed by atoms with Gasteiger partial charge in [-0.15, -0.1) is 0 Å². The molecule has 1 aromatic rings. The summed E-state index contributed by atoms with van der Waals surface area (Å²) >= 11 is 5.78. The highest BCUT2D eigenvalue weighted by Crippen LogP contribution is 2.12. The van der Waals surface area contributed by atoms with Crippen LogP contribution in [-0.2, 0) is 21.2 Å². The third-order valence-corrected chi connectivity index (χ3v) is 5.62. The van der Waals surface area contributed by atoms with Crippen molar-refractivity contribution in [3.8, 4) is 0 Å². The molecule has 1 aromatic carbocycles. The molecule has 1 aliphatic rings. The molecule has 1 fully saturated rings. The van der Waals surface area contributed by atoms with Gasteiger partial charge >= 0.3 is 0 Å². The Bertz CT molecular complexity index is 587. The van der Waals surface area contributed by atoms with Crippen LogP contribution in [0.15, 0.2) is 24.3 Å². The van der Waals surface area contributed by atoms with Crippen molar-refractivity contribution in [2.75, 3.05) is 25.4 Å². The largest absolute Gasteiger partial charge is 0.354 e. The molecule has 0 saturated carbocycles. The van der Waals surface area contributed by atoms with E-state index < -0.39 is 10.0 Å². The van der Waals surface area contributed by atoms with Crippen LogP contribution in [0.5, 0.6) is 0 Å². The molecule has 0 radical (unpaired) electrons. The molecule has 2 rings (SSSR count). The molecular weight excluding hydrogens is 312 g/mol. The molecular formula is C14H19ClN2O3S. The smallest absolute Gasteiger partial charge is 0.224 e. The second kappa shape index (κ2) is 7.24. The zero-order chi connectivity index (χ0) is 15.3. The first-order chi connectivity index (χ1) is 9.97. The lowest BCUT2D eigenvalue weighted by Crippen LogP contribution is -2.42. The third-order valence-electron chi connectivity index (χ3n) is 3.41. The van der Waals surface area contributed by atoms with Crippen LogP contribution in [0.4, 0.5) is 0 Å². The maximum absolute atomic E-state index is 11.8. The van der Waals surface area contributed by atoms with E-state index in [4.69, 9.17) is 11.6 Å². The fourth-order valence-electron chi connectivity index (χ4n) is 2.26. The first-order valence-corrected chi connectivity index (χ1v) is 8.95. The summed E-state index contributed by atoms with van der Waals surface area (Å²) in [5, 5.41) is 3.39. The molecule has 0 spiro atoms. The Kier molecular flexibility index (Phi) is 5.61. The molecule has 0 aromatic heterocycles. The second-order valence-corrected chi connectivity index (χ2v) is 7.60. The van der Waals surface area contributed by atoms with Gasteiger partial charge < -0.3 is 5.32 Å². The number of nitrogens with one attached hydrogen (secondary N) is 1. The lowest BCUT2D eigenvalue weighted by atomic mass is 10.1. The fourth-order valence-corrected chi connectivity index (χ4v) is 3.99. The van der Waals surface area contributed by atoms with Crippen LogP contribution in [0.25, 0.3) is 0 Å². The van der Waals surface area contributed by atoms with Crippen molar-refractivity contribution in [1.82, 2.24) is 9.62 Å². The Morgan fingerprint density at radius 2 is 1.95 bits per heavy atom. The summed E-state index contributed by atoms with van der Waals surface area (Å²) in [5.41, 5.74) is 0.877. The van der Waals surface area contributed by atoms with Gasteiger partial charge in [-0.1, -0.05) is 23.7 Å². The van der Waals surface area contributed by atoms with E-state index in [2.05, 4.69) is 5.32 Å². The van der Waals surface area contributed by atoms with E-state index >= 15 is 0 Å². The van der Waals surface area contributed by atoms with Gasteiger partial charge in [-0.05, 0) is 30.5 Å². The van der Waals surface area contributed by atoms with E-state index in [1.807, 2.05) is 0 Å². The Hall–Kier alpha value is -1.11. The maximum Gasteiger partial charge on any atom is 0.224 e. The molecule has 116 valence electrons. The number of amides is 1. The molecule has 0 unspecified atom stereocenters. The van der Waals surface area contributed by atoms with E-state index in [1.54, 1.807) is 24.3 Å². The highest BCUT2D eigenvalue weighted by atomic mass is 35.5. The first kappa shape index (κ1) is 16.3. The summed E-state index contributed by atoms with van der Waals surface area (Å²) in [6.45, 7) is 1.23. The van der Waals surface area contributed by atoms with Crippen LogP contribution in [0, 0.1) is 0 Å². The molecule has 21 heavy (non-hydrogen) atoms. The first-order valence-electron chi connectivity index (χ1n) is 6.96. The Morgan fingerprint density at radius 1 is 1.24 bits per heavy atom. The summed E-state index contributed by atoms with van der Waals surface area (Å²) in [6.07, 6.45) is 1.88. The molecule has 0 aliphatic carbocycles. The average molecular weight is 331 g/mol. The number of benzene rings is 1. The molecule has 5 nitrogen and oxygen atoms in total. The van der Waals surface area contributed by atoms with Crippen molar-refractivity contribution in [3.63, 3.8) is 0 Å². The number of carbonyl (C=O) groups is 1. The number of carbonyl (C=O) groups excluding carboxylic acids is 1. The van der Waals surface area contributed by atoms with E-state index in [0.717, 1.165) is 18.4 Å². The minimum atomic E-state index is -3.12. The zero-order valence-electron chi connectivity index (χ0n) is 11.7. The summed E-state index contributed by atoms with van der Waals surface area (Å²) in [6, 6.07) is 7.09. The highest BCUT2D eigenvalue weighted by Gasteiger charge is 2.25. The monoisotopic (exact) mass is 330 g/mol. The predicted molar refractivity (Wildman–Crippen MR) is 82.8 cm³/mol. The molecule has 0 bridgehead atoms. The third kappa shape index (κ3) is 4.98. The van der Waals surface area contributed by atoms with E-state index in [-0.39, 0.29) is 18.1 Å². The van der Waals surface area contributed by atoms with Gasteiger partial charge in [0, 0.05) is 24.7 Å². The predicted octanol–water partition coefficient (Wildman–Crippen LogP) is 1.42.